The standard InChI is InChI=1S/C17H28N2O4.2C2H2O4/c1-13(16-10-15(21-2)4-5-17(16)22-3)18-11-14(20)12-19-6-8-23-9-7-19;2*3-1(4)2(5)6/h4-5,10,13-14,18,20H,6-9,11-12H2,1-3H3;2*(H,3,4)(H,5,6). The fraction of sp³-hybridized carbons (Fsp3) is 0.524. The van der Waals surface area contributed by atoms with E-state index in [4.69, 9.17) is 53.8 Å². The Hall–Kier alpha value is -3.46. The molecule has 0 bridgehead atoms. The van der Waals surface area contributed by atoms with Crippen molar-refractivity contribution in [1.29, 1.82) is 0 Å². The molecule has 0 spiro atoms. The van der Waals surface area contributed by atoms with Crippen molar-refractivity contribution >= 4 is 23.9 Å². The highest BCUT2D eigenvalue weighted by Crippen LogP contribution is 2.29. The van der Waals surface area contributed by atoms with E-state index >= 15 is 0 Å². The van der Waals surface area contributed by atoms with Crippen LogP contribution in [0.4, 0.5) is 0 Å². The van der Waals surface area contributed by atoms with Crippen LogP contribution in [0.1, 0.15) is 18.5 Å². The topological polar surface area (TPSA) is 212 Å². The molecule has 1 saturated heterocycles. The number of morpholine rings is 1. The van der Waals surface area contributed by atoms with Gasteiger partial charge in [0.25, 0.3) is 0 Å². The lowest BCUT2D eigenvalue weighted by Gasteiger charge is -2.29. The summed E-state index contributed by atoms with van der Waals surface area (Å²) in [6, 6.07) is 5.79. The number of ether oxygens (including phenoxy) is 3. The number of rotatable bonds is 8. The molecular weight excluding hydrogens is 472 g/mol. The first-order chi connectivity index (χ1) is 16.4. The van der Waals surface area contributed by atoms with Gasteiger partial charge in [0, 0.05) is 37.8 Å². The van der Waals surface area contributed by atoms with Gasteiger partial charge in [0.15, 0.2) is 0 Å². The van der Waals surface area contributed by atoms with E-state index in [0.29, 0.717) is 13.1 Å². The van der Waals surface area contributed by atoms with Crippen LogP contribution in [-0.2, 0) is 23.9 Å². The second-order valence-electron chi connectivity index (χ2n) is 7.03. The molecule has 198 valence electrons. The molecule has 1 fully saturated rings. The molecule has 6 N–H and O–H groups in total. The molecule has 1 aromatic carbocycles. The quantitative estimate of drug-likeness (QED) is 0.243. The number of carboxylic acids is 4. The van der Waals surface area contributed by atoms with Crippen LogP contribution in [0.2, 0.25) is 0 Å². The summed E-state index contributed by atoms with van der Waals surface area (Å²) >= 11 is 0. The first-order valence-electron chi connectivity index (χ1n) is 10.3. The molecule has 35 heavy (non-hydrogen) atoms. The number of benzene rings is 1. The minimum Gasteiger partial charge on any atom is -0.497 e. The van der Waals surface area contributed by atoms with Gasteiger partial charge in [-0.2, -0.15) is 0 Å². The number of β-amino-alcohol motifs (C(OH)–C–C–N with tert-alkyl or cyclic N) is 1. The predicted octanol–water partition coefficient (Wildman–Crippen LogP) is -0.641. The summed E-state index contributed by atoms with van der Waals surface area (Å²) in [6.45, 7) is 6.51. The van der Waals surface area contributed by atoms with E-state index < -0.39 is 30.0 Å². The number of hydrogen-bond acceptors (Lipinski definition) is 10. The maximum atomic E-state index is 10.2. The molecule has 1 aliphatic rings. The van der Waals surface area contributed by atoms with E-state index in [1.165, 1.54) is 0 Å². The first-order valence-corrected chi connectivity index (χ1v) is 10.3. The fourth-order valence-corrected chi connectivity index (χ4v) is 2.75. The second-order valence-corrected chi connectivity index (χ2v) is 7.03. The molecule has 0 radical (unpaired) electrons. The molecule has 14 nitrogen and oxygen atoms in total. The Kier molecular flexibility index (Phi) is 15.4. The first kappa shape index (κ1) is 31.5. The van der Waals surface area contributed by atoms with Crippen molar-refractivity contribution in [3.63, 3.8) is 0 Å². The van der Waals surface area contributed by atoms with Crippen molar-refractivity contribution in [2.45, 2.75) is 19.1 Å². The summed E-state index contributed by atoms with van der Waals surface area (Å²) in [7, 11) is 3.31. The Labute approximate surface area is 201 Å². The highest BCUT2D eigenvalue weighted by molar-refractivity contribution is 6.27. The SMILES string of the molecule is COc1ccc(OC)c(C(C)NCC(O)CN2CCOCC2)c1.O=C(O)C(=O)O.O=C(O)C(=O)O. The largest absolute Gasteiger partial charge is 0.497 e. The highest BCUT2D eigenvalue weighted by atomic mass is 16.5. The van der Waals surface area contributed by atoms with Crippen LogP contribution in [0.5, 0.6) is 11.5 Å². The van der Waals surface area contributed by atoms with Gasteiger partial charge >= 0.3 is 23.9 Å². The molecule has 1 heterocycles. The van der Waals surface area contributed by atoms with Crippen molar-refractivity contribution in [1.82, 2.24) is 10.2 Å². The van der Waals surface area contributed by atoms with Gasteiger partial charge in [-0.1, -0.05) is 0 Å². The molecule has 0 aromatic heterocycles. The summed E-state index contributed by atoms with van der Waals surface area (Å²) in [6.07, 6.45) is -0.410. The number of hydrogen-bond donors (Lipinski definition) is 6. The van der Waals surface area contributed by atoms with E-state index in [1.54, 1.807) is 14.2 Å². The Morgan fingerprint density at radius 3 is 1.91 bits per heavy atom. The zero-order valence-electron chi connectivity index (χ0n) is 19.7. The Morgan fingerprint density at radius 2 is 1.49 bits per heavy atom. The van der Waals surface area contributed by atoms with Gasteiger partial charge in [-0.25, -0.2) is 19.2 Å². The third kappa shape index (κ3) is 13.7. The monoisotopic (exact) mass is 504 g/mol. The summed E-state index contributed by atoms with van der Waals surface area (Å²) in [5, 5.41) is 43.2. The van der Waals surface area contributed by atoms with Gasteiger partial charge in [0.05, 0.1) is 33.5 Å². The third-order valence-corrected chi connectivity index (χ3v) is 4.50. The number of methoxy groups -OCH3 is 2. The van der Waals surface area contributed by atoms with E-state index in [-0.39, 0.29) is 6.04 Å². The van der Waals surface area contributed by atoms with E-state index in [1.807, 2.05) is 18.2 Å². The van der Waals surface area contributed by atoms with Crippen LogP contribution in [0, 0.1) is 0 Å². The van der Waals surface area contributed by atoms with Gasteiger partial charge in [0.1, 0.15) is 11.5 Å². The van der Waals surface area contributed by atoms with Gasteiger partial charge in [-0.05, 0) is 25.1 Å². The average molecular weight is 504 g/mol. The molecule has 0 saturated carbocycles. The lowest BCUT2D eigenvalue weighted by Crippen LogP contribution is -2.44. The van der Waals surface area contributed by atoms with Crippen molar-refractivity contribution in [2.75, 3.05) is 53.6 Å². The summed E-state index contributed by atoms with van der Waals surface area (Å²) in [4.78, 5) is 38.6. The Bertz CT molecular complexity index is 779. The van der Waals surface area contributed by atoms with Gasteiger partial charge in [-0.3, -0.25) is 4.90 Å². The molecule has 0 amide bonds. The number of carboxylic acid groups (broad SMARTS) is 4. The Balaban J connectivity index is 0.000000797. The van der Waals surface area contributed by atoms with Crippen LogP contribution < -0.4 is 14.8 Å². The molecule has 2 rings (SSSR count). The highest BCUT2D eigenvalue weighted by Gasteiger charge is 2.17. The third-order valence-electron chi connectivity index (χ3n) is 4.50. The van der Waals surface area contributed by atoms with E-state index in [0.717, 1.165) is 43.4 Å². The number of nitrogens with zero attached hydrogens (tertiary/aromatic N) is 1. The number of carbonyl (C=O) groups is 4. The lowest BCUT2D eigenvalue weighted by molar-refractivity contribution is -0.159. The minimum absolute atomic E-state index is 0.0550. The summed E-state index contributed by atoms with van der Waals surface area (Å²) in [5.74, 6) is -5.69. The second kappa shape index (κ2) is 17.0. The van der Waals surface area contributed by atoms with Crippen LogP contribution in [0.25, 0.3) is 0 Å². The van der Waals surface area contributed by atoms with Gasteiger partial charge in [-0.15, -0.1) is 0 Å². The van der Waals surface area contributed by atoms with Crippen molar-refractivity contribution in [2.24, 2.45) is 0 Å². The molecule has 0 aliphatic carbocycles. The number of aliphatic hydroxyl groups is 1. The van der Waals surface area contributed by atoms with Crippen molar-refractivity contribution < 1.29 is 58.9 Å². The zero-order valence-corrected chi connectivity index (χ0v) is 19.7. The molecule has 1 aliphatic heterocycles. The van der Waals surface area contributed by atoms with E-state index in [9.17, 15) is 5.11 Å². The molecule has 1 aromatic rings. The van der Waals surface area contributed by atoms with Gasteiger partial charge < -0.3 is 45.1 Å². The van der Waals surface area contributed by atoms with Crippen molar-refractivity contribution in [3.05, 3.63) is 23.8 Å². The molecular formula is C21H32N2O12. The van der Waals surface area contributed by atoms with Crippen LogP contribution in [0.3, 0.4) is 0 Å². The van der Waals surface area contributed by atoms with E-state index in [2.05, 4.69) is 17.1 Å². The number of aliphatic carboxylic acids is 4. The normalized spacial score (nSPS) is 14.6. The number of aliphatic hydroxyl groups excluding tert-OH is 1. The van der Waals surface area contributed by atoms with Crippen LogP contribution in [-0.4, -0.2) is 114 Å². The maximum absolute atomic E-state index is 10.2. The summed E-state index contributed by atoms with van der Waals surface area (Å²) in [5.41, 5.74) is 1.02. The van der Waals surface area contributed by atoms with Crippen molar-refractivity contribution in [3.8, 4) is 11.5 Å². The zero-order chi connectivity index (χ0) is 27.0. The molecule has 2 unspecified atom stereocenters. The minimum atomic E-state index is -1.82. The summed E-state index contributed by atoms with van der Waals surface area (Å²) < 4.78 is 16.0. The number of nitrogens with one attached hydrogen (secondary N) is 1. The Morgan fingerprint density at radius 1 is 0.971 bits per heavy atom. The fourth-order valence-electron chi connectivity index (χ4n) is 2.75. The molecule has 2 atom stereocenters. The van der Waals surface area contributed by atoms with Gasteiger partial charge in [0.2, 0.25) is 0 Å². The maximum Gasteiger partial charge on any atom is 0.414 e. The predicted molar refractivity (Wildman–Crippen MR) is 120 cm³/mol. The smallest absolute Gasteiger partial charge is 0.414 e. The average Bonchev–Trinajstić information content (AvgIpc) is 2.83. The lowest BCUT2D eigenvalue weighted by atomic mass is 10.1. The van der Waals surface area contributed by atoms with Crippen LogP contribution in [0.15, 0.2) is 18.2 Å². The van der Waals surface area contributed by atoms with Crippen LogP contribution >= 0.6 is 0 Å². The molecule has 14 heteroatoms.